The van der Waals surface area contributed by atoms with Gasteiger partial charge in [0, 0.05) is 35.9 Å². The number of aryl methyl sites for hydroxylation is 2. The summed E-state index contributed by atoms with van der Waals surface area (Å²) in [4.78, 5) is 16.4. The third-order valence-electron chi connectivity index (χ3n) is 5.90. The lowest BCUT2D eigenvalue weighted by atomic mass is 9.93. The number of likely N-dealkylation sites (tertiary alicyclic amines) is 1. The van der Waals surface area contributed by atoms with Gasteiger partial charge in [-0.2, -0.15) is 0 Å². The summed E-state index contributed by atoms with van der Waals surface area (Å²) in [5.41, 5.74) is 5.91. The molecule has 1 fully saturated rings. The topological polar surface area (TPSA) is 58.4 Å². The molecular weight excluding hydrogens is 392 g/mol. The molecule has 30 heavy (non-hydrogen) atoms. The van der Waals surface area contributed by atoms with E-state index in [4.69, 9.17) is 9.97 Å². The van der Waals surface area contributed by atoms with Crippen molar-refractivity contribution in [2.45, 2.75) is 39.2 Å². The molecule has 1 saturated heterocycles. The van der Waals surface area contributed by atoms with E-state index in [0.717, 1.165) is 54.8 Å². The monoisotopic (exact) mass is 418 g/mol. The van der Waals surface area contributed by atoms with E-state index in [-0.39, 0.29) is 0 Å². The summed E-state index contributed by atoms with van der Waals surface area (Å²) >= 11 is 1.59. The maximum atomic E-state index is 4.86. The molecule has 0 bridgehead atoms. The number of hydrogen-bond donors (Lipinski definition) is 1. The Balaban J connectivity index is 1.24. The summed E-state index contributed by atoms with van der Waals surface area (Å²) in [5, 5.41) is 6.15. The van der Waals surface area contributed by atoms with Gasteiger partial charge in [0.1, 0.15) is 11.5 Å². The number of imidazole rings is 1. The number of nitrogens with one attached hydrogen (secondary N) is 1. The number of anilines is 2. The lowest BCUT2D eigenvalue weighted by Crippen LogP contribution is -2.33. The number of pyridine rings is 2. The van der Waals surface area contributed by atoms with Gasteiger partial charge in [0.05, 0.1) is 11.4 Å². The molecule has 0 spiro atoms. The number of piperidine rings is 1. The molecule has 0 radical (unpaired) electrons. The first kappa shape index (κ1) is 19.2. The van der Waals surface area contributed by atoms with Gasteiger partial charge in [-0.1, -0.05) is 6.07 Å². The fourth-order valence-electron chi connectivity index (χ4n) is 4.25. The van der Waals surface area contributed by atoms with Crippen LogP contribution in [0.25, 0.3) is 5.65 Å². The molecule has 6 nitrogen and oxygen atoms in total. The Morgan fingerprint density at radius 2 is 2.00 bits per heavy atom. The molecule has 4 aromatic heterocycles. The van der Waals surface area contributed by atoms with Gasteiger partial charge in [-0.25, -0.2) is 15.0 Å². The van der Waals surface area contributed by atoms with Gasteiger partial charge in [-0.15, -0.1) is 11.3 Å². The summed E-state index contributed by atoms with van der Waals surface area (Å²) < 4.78 is 2.24. The highest BCUT2D eigenvalue weighted by atomic mass is 32.1. The van der Waals surface area contributed by atoms with Crippen molar-refractivity contribution < 1.29 is 0 Å². The van der Waals surface area contributed by atoms with Crippen LogP contribution in [-0.4, -0.2) is 37.3 Å². The number of fused-ring (bicyclic) bond motifs is 1. The SMILES string of the molecule is Cc1ccn2c(CN3CCC(c4cccc(Nc5nccs5)n4)CC3)c(C)nc2c1. The van der Waals surface area contributed by atoms with Crippen molar-refractivity contribution in [3.8, 4) is 0 Å². The zero-order chi connectivity index (χ0) is 20.5. The molecule has 4 aromatic rings. The van der Waals surface area contributed by atoms with Crippen LogP contribution in [0, 0.1) is 13.8 Å². The van der Waals surface area contributed by atoms with Crippen LogP contribution < -0.4 is 5.32 Å². The number of thiazole rings is 1. The van der Waals surface area contributed by atoms with E-state index < -0.39 is 0 Å². The number of nitrogens with zero attached hydrogens (tertiary/aromatic N) is 5. The predicted molar refractivity (Wildman–Crippen MR) is 122 cm³/mol. The van der Waals surface area contributed by atoms with Crippen LogP contribution in [0.1, 0.15) is 41.4 Å². The minimum Gasteiger partial charge on any atom is -0.316 e. The molecule has 7 heteroatoms. The van der Waals surface area contributed by atoms with Crippen LogP contribution in [-0.2, 0) is 6.54 Å². The van der Waals surface area contributed by atoms with Crippen LogP contribution in [0.5, 0.6) is 0 Å². The summed E-state index contributed by atoms with van der Waals surface area (Å²) in [6, 6.07) is 10.6. The van der Waals surface area contributed by atoms with Gasteiger partial charge < -0.3 is 9.72 Å². The zero-order valence-corrected chi connectivity index (χ0v) is 18.2. The largest absolute Gasteiger partial charge is 0.316 e. The molecular formula is C23H26N6S. The summed E-state index contributed by atoms with van der Waals surface area (Å²) in [5.74, 6) is 1.38. The standard InChI is InChI=1S/C23H26N6S/c1-16-6-12-29-20(17(2)25-22(29)14-16)15-28-10-7-18(8-11-28)19-4-3-5-21(26-19)27-23-24-9-13-30-23/h3-6,9,12-14,18H,7-8,10-11,15H2,1-2H3,(H,24,26,27). The Morgan fingerprint density at radius 1 is 1.13 bits per heavy atom. The van der Waals surface area contributed by atoms with Crippen molar-refractivity contribution in [3.05, 3.63) is 70.8 Å². The van der Waals surface area contributed by atoms with Crippen LogP contribution in [0.2, 0.25) is 0 Å². The van der Waals surface area contributed by atoms with Crippen molar-refractivity contribution >= 4 is 27.9 Å². The number of hydrogen-bond acceptors (Lipinski definition) is 6. The van der Waals surface area contributed by atoms with Gasteiger partial charge in [0.2, 0.25) is 0 Å². The molecule has 0 unspecified atom stereocenters. The highest BCUT2D eigenvalue weighted by Crippen LogP contribution is 2.29. The fourth-order valence-corrected chi connectivity index (χ4v) is 4.78. The summed E-state index contributed by atoms with van der Waals surface area (Å²) in [7, 11) is 0. The van der Waals surface area contributed by atoms with Crippen molar-refractivity contribution in [2.75, 3.05) is 18.4 Å². The maximum Gasteiger partial charge on any atom is 0.188 e. The van der Waals surface area contributed by atoms with E-state index >= 15 is 0 Å². The molecule has 0 aliphatic carbocycles. The second-order valence-corrected chi connectivity index (χ2v) is 8.93. The van der Waals surface area contributed by atoms with Gasteiger partial charge in [-0.3, -0.25) is 4.90 Å². The van der Waals surface area contributed by atoms with Crippen LogP contribution >= 0.6 is 11.3 Å². The predicted octanol–water partition coefficient (Wildman–Crippen LogP) is 4.93. The first-order valence-corrected chi connectivity index (χ1v) is 11.3. The van der Waals surface area contributed by atoms with Gasteiger partial charge in [0.25, 0.3) is 0 Å². The first-order chi connectivity index (χ1) is 14.7. The molecule has 0 aromatic carbocycles. The van der Waals surface area contributed by atoms with Crippen molar-refractivity contribution in [2.24, 2.45) is 0 Å². The molecule has 5 heterocycles. The molecule has 0 saturated carbocycles. The number of aromatic nitrogens is 4. The molecule has 1 aliphatic rings. The molecule has 154 valence electrons. The number of rotatable bonds is 5. The zero-order valence-electron chi connectivity index (χ0n) is 17.4. The Morgan fingerprint density at radius 3 is 2.80 bits per heavy atom. The van der Waals surface area contributed by atoms with Crippen molar-refractivity contribution in [1.29, 1.82) is 0 Å². The molecule has 1 N–H and O–H groups in total. The van der Waals surface area contributed by atoms with Crippen LogP contribution in [0.15, 0.2) is 48.1 Å². The fraction of sp³-hybridized carbons (Fsp3) is 0.348. The van der Waals surface area contributed by atoms with Gasteiger partial charge in [0.15, 0.2) is 5.13 Å². The smallest absolute Gasteiger partial charge is 0.188 e. The highest BCUT2D eigenvalue weighted by molar-refractivity contribution is 7.13. The Hall–Kier alpha value is -2.77. The molecule has 0 atom stereocenters. The third-order valence-corrected chi connectivity index (χ3v) is 6.59. The van der Waals surface area contributed by atoms with E-state index in [1.807, 2.05) is 11.4 Å². The van der Waals surface area contributed by atoms with Crippen LogP contribution in [0.3, 0.4) is 0 Å². The van der Waals surface area contributed by atoms with Gasteiger partial charge >= 0.3 is 0 Å². The second kappa shape index (κ2) is 8.16. The summed E-state index contributed by atoms with van der Waals surface area (Å²) in [6.07, 6.45) is 6.21. The van der Waals surface area contributed by atoms with E-state index in [1.165, 1.54) is 17.0 Å². The molecule has 1 aliphatic heterocycles. The summed E-state index contributed by atoms with van der Waals surface area (Å²) in [6.45, 7) is 7.34. The average Bonchev–Trinajstić information content (AvgIpc) is 3.36. The lowest BCUT2D eigenvalue weighted by Gasteiger charge is -2.31. The first-order valence-electron chi connectivity index (χ1n) is 10.5. The second-order valence-electron chi connectivity index (χ2n) is 8.04. The van der Waals surface area contributed by atoms with Crippen molar-refractivity contribution in [1.82, 2.24) is 24.3 Å². The molecule has 0 amide bonds. The van der Waals surface area contributed by atoms with E-state index in [9.17, 15) is 0 Å². The third kappa shape index (κ3) is 3.95. The minimum absolute atomic E-state index is 0.505. The lowest BCUT2D eigenvalue weighted by molar-refractivity contribution is 0.200. The highest BCUT2D eigenvalue weighted by Gasteiger charge is 2.23. The molecule has 5 rings (SSSR count). The van der Waals surface area contributed by atoms with E-state index in [1.54, 1.807) is 17.5 Å². The Labute approximate surface area is 180 Å². The van der Waals surface area contributed by atoms with Crippen LogP contribution in [0.4, 0.5) is 10.9 Å². The quantitative estimate of drug-likeness (QED) is 0.498. The Bertz CT molecular complexity index is 1140. The normalized spacial score (nSPS) is 15.7. The van der Waals surface area contributed by atoms with Crippen molar-refractivity contribution in [3.63, 3.8) is 0 Å². The van der Waals surface area contributed by atoms with E-state index in [0.29, 0.717) is 5.92 Å². The average molecular weight is 419 g/mol. The van der Waals surface area contributed by atoms with Gasteiger partial charge in [-0.05, 0) is 69.6 Å². The maximum absolute atomic E-state index is 4.86. The minimum atomic E-state index is 0.505. The Kier molecular flexibility index (Phi) is 5.23. The van der Waals surface area contributed by atoms with E-state index in [2.05, 4.69) is 63.9 Å².